The number of nitrogens with zero attached hydrogens (tertiary/aromatic N) is 4. The largest absolute Gasteiger partial charge is 0.418 e. The van der Waals surface area contributed by atoms with Gasteiger partial charge in [-0.15, -0.1) is 5.43 Å². The lowest BCUT2D eigenvalue weighted by Crippen LogP contribution is -2.80. The van der Waals surface area contributed by atoms with Crippen molar-refractivity contribution in [3.63, 3.8) is 0 Å². The van der Waals surface area contributed by atoms with Crippen LogP contribution in [0, 0.1) is 0 Å². The van der Waals surface area contributed by atoms with Gasteiger partial charge < -0.3 is 0 Å². The highest BCUT2D eigenvalue weighted by molar-refractivity contribution is 5.99. The molecule has 1 aromatic heterocycles. The smallest absolute Gasteiger partial charge is 0.252 e. The summed E-state index contributed by atoms with van der Waals surface area (Å²) in [5.41, 5.74) is 5.89. The highest BCUT2D eigenvalue weighted by Gasteiger charge is 2.33. The summed E-state index contributed by atoms with van der Waals surface area (Å²) in [5, 5.41) is 12.0. The summed E-state index contributed by atoms with van der Waals surface area (Å²) in [4.78, 5) is 4.31. The Morgan fingerprint density at radius 3 is 2.15 bits per heavy atom. The van der Waals surface area contributed by atoms with Crippen molar-refractivity contribution < 1.29 is 18.6 Å². The van der Waals surface area contributed by atoms with Crippen molar-refractivity contribution in [2.45, 2.75) is 19.5 Å². The Bertz CT molecular complexity index is 1410. The second kappa shape index (κ2) is 8.22. The maximum absolute atomic E-state index is 13.6. The van der Waals surface area contributed by atoms with E-state index in [4.69, 9.17) is 0 Å². The van der Waals surface area contributed by atoms with E-state index < -0.39 is 11.7 Å². The number of amidine groups is 1. The molecule has 4 aromatic rings. The van der Waals surface area contributed by atoms with Gasteiger partial charge in [0.2, 0.25) is 0 Å². The molecule has 0 bridgehead atoms. The molecule has 2 N–H and O–H groups in total. The number of rotatable bonds is 4. The summed E-state index contributed by atoms with van der Waals surface area (Å²) >= 11 is 0. The molecule has 164 valence electrons. The molecule has 0 amide bonds. The Balaban J connectivity index is 1.62. The van der Waals surface area contributed by atoms with Crippen LogP contribution in [0.4, 0.5) is 13.2 Å². The predicted octanol–water partition coefficient (Wildman–Crippen LogP) is 5.76. The first-order valence-corrected chi connectivity index (χ1v) is 10.5. The summed E-state index contributed by atoms with van der Waals surface area (Å²) in [7, 11) is 0. The van der Waals surface area contributed by atoms with E-state index in [1.165, 1.54) is 6.07 Å². The first kappa shape index (κ1) is 21.0. The molecule has 33 heavy (non-hydrogen) atoms. The first-order chi connectivity index (χ1) is 16.0. The normalized spacial score (nSPS) is 13.5. The molecule has 5 rings (SSSR count). The Kier molecular flexibility index (Phi) is 5.22. The molecule has 3 aromatic carbocycles. The molecule has 0 aliphatic carbocycles. The van der Waals surface area contributed by atoms with E-state index in [-0.39, 0.29) is 5.52 Å². The summed E-state index contributed by atoms with van der Waals surface area (Å²) in [6, 6.07) is 21.7. The van der Waals surface area contributed by atoms with Gasteiger partial charge in [-0.3, -0.25) is 4.98 Å². The fourth-order valence-corrected chi connectivity index (χ4v) is 4.04. The number of nitrogens with two attached hydrogens (primary N) is 1. The summed E-state index contributed by atoms with van der Waals surface area (Å²) in [6.07, 6.45) is -3.93. The minimum absolute atomic E-state index is 0.0175. The van der Waals surface area contributed by atoms with Crippen molar-refractivity contribution in [1.29, 1.82) is 0 Å². The molecular weight excluding hydrogens is 427 g/mol. The molecular formula is C25H19F3N5+. The summed E-state index contributed by atoms with van der Waals surface area (Å²) in [5.74, 6) is 0.682. The van der Waals surface area contributed by atoms with Gasteiger partial charge in [0.25, 0.3) is 5.84 Å². The lowest BCUT2D eigenvalue weighted by Gasteiger charge is -2.15. The Morgan fingerprint density at radius 1 is 0.818 bits per heavy atom. The zero-order chi connectivity index (χ0) is 23.0. The van der Waals surface area contributed by atoms with Gasteiger partial charge in [-0.25, -0.2) is 0 Å². The summed E-state index contributed by atoms with van der Waals surface area (Å²) < 4.78 is 40.9. The van der Waals surface area contributed by atoms with Crippen molar-refractivity contribution >= 4 is 16.7 Å². The van der Waals surface area contributed by atoms with Gasteiger partial charge in [-0.2, -0.15) is 13.2 Å². The number of fused-ring (bicyclic) bond motifs is 1. The zero-order valence-corrected chi connectivity index (χ0v) is 17.6. The van der Waals surface area contributed by atoms with Crippen LogP contribution in [0.25, 0.3) is 33.2 Å². The minimum atomic E-state index is -4.47. The topological polar surface area (TPSA) is 66.6 Å². The number of pyridine rings is 1. The lowest BCUT2D eigenvalue weighted by molar-refractivity contribution is -0.546. The number of para-hydroxylation sites is 1. The molecule has 2 heterocycles. The quantitative estimate of drug-likeness (QED) is 0.398. The highest BCUT2D eigenvalue weighted by Crippen LogP contribution is 2.38. The Morgan fingerprint density at radius 2 is 1.52 bits per heavy atom. The average Bonchev–Trinajstić information content (AvgIpc) is 3.37. The van der Waals surface area contributed by atoms with Gasteiger partial charge in [0.15, 0.2) is 0 Å². The van der Waals surface area contributed by atoms with E-state index in [0.29, 0.717) is 23.3 Å². The second-order valence-electron chi connectivity index (χ2n) is 7.66. The maximum Gasteiger partial charge on any atom is 0.418 e. The molecule has 0 saturated carbocycles. The molecule has 0 atom stereocenters. The number of aromatic nitrogens is 1. The van der Waals surface area contributed by atoms with E-state index in [9.17, 15) is 13.2 Å². The lowest BCUT2D eigenvalue weighted by atomic mass is 9.94. The molecule has 0 saturated heterocycles. The number of halogens is 3. The van der Waals surface area contributed by atoms with Crippen molar-refractivity contribution in [3.8, 4) is 22.3 Å². The fourth-order valence-electron chi connectivity index (χ4n) is 4.04. The van der Waals surface area contributed by atoms with Gasteiger partial charge in [0.05, 0.1) is 21.9 Å². The molecule has 8 heteroatoms. The molecule has 1 aliphatic heterocycles. The van der Waals surface area contributed by atoms with Gasteiger partial charge in [-0.05, 0) is 46.9 Å². The van der Waals surface area contributed by atoms with Crippen molar-refractivity contribution in [2.75, 3.05) is 0 Å². The minimum Gasteiger partial charge on any atom is -0.252 e. The van der Waals surface area contributed by atoms with Crippen LogP contribution < -0.4 is 5.43 Å². The van der Waals surface area contributed by atoms with E-state index in [1.54, 1.807) is 11.5 Å². The van der Waals surface area contributed by atoms with Crippen LogP contribution in [0.3, 0.4) is 0 Å². The maximum atomic E-state index is 13.6. The van der Waals surface area contributed by atoms with Crippen molar-refractivity contribution in [1.82, 2.24) is 4.98 Å². The number of benzene rings is 3. The number of hydrogen-bond acceptors (Lipinski definition) is 4. The van der Waals surface area contributed by atoms with E-state index >= 15 is 0 Å². The average molecular weight is 446 g/mol. The molecule has 5 nitrogen and oxygen atoms in total. The molecule has 0 radical (unpaired) electrons. The van der Waals surface area contributed by atoms with Crippen molar-refractivity contribution in [3.05, 3.63) is 89.6 Å². The molecule has 0 unspecified atom stereocenters. The van der Waals surface area contributed by atoms with Crippen LogP contribution in [0.2, 0.25) is 0 Å². The third-order valence-electron chi connectivity index (χ3n) is 5.65. The number of alkyl halides is 3. The van der Waals surface area contributed by atoms with Crippen LogP contribution in [0.1, 0.15) is 23.7 Å². The van der Waals surface area contributed by atoms with Crippen LogP contribution in [-0.4, -0.2) is 10.8 Å². The monoisotopic (exact) mass is 446 g/mol. The number of quaternary nitrogens is 1. The van der Waals surface area contributed by atoms with Crippen molar-refractivity contribution in [2.24, 2.45) is 15.5 Å². The summed E-state index contributed by atoms with van der Waals surface area (Å²) in [6.45, 7) is 1.88. The Labute approximate surface area is 187 Å². The van der Waals surface area contributed by atoms with Crippen LogP contribution in [-0.2, 0) is 12.6 Å². The standard InChI is InChI=1S/C25H18F3N5/c1-2-17-14-21(19-8-5-9-22(23(19)29-17)25(26,27)28)16-12-10-15(11-13-16)18-6-3-4-7-20(18)24-30-32-33-31-24/h3-14H,2H2,1H3,(H,30,31,32,33)/p+1. The number of hydrogen-bond donors (Lipinski definition) is 1. The van der Waals surface area contributed by atoms with Gasteiger partial charge in [0, 0.05) is 16.3 Å². The number of aryl methyl sites for hydroxylation is 1. The fraction of sp³-hybridized carbons (Fsp3) is 0.120. The third kappa shape index (κ3) is 3.89. The van der Waals surface area contributed by atoms with E-state index in [1.807, 2.05) is 61.5 Å². The van der Waals surface area contributed by atoms with Gasteiger partial charge >= 0.3 is 6.18 Å². The van der Waals surface area contributed by atoms with Crippen LogP contribution >= 0.6 is 0 Å². The SMILES string of the molecule is CCc1cc(-c2ccc(-c3ccccc3C3=NN=N[NH2+]3)cc2)c2cccc(C(F)(F)F)c2n1. The third-order valence-corrected chi connectivity index (χ3v) is 5.65. The molecule has 1 aliphatic rings. The predicted molar refractivity (Wildman–Crippen MR) is 120 cm³/mol. The van der Waals surface area contributed by atoms with Crippen LogP contribution in [0.15, 0.2) is 88.3 Å². The van der Waals surface area contributed by atoms with E-state index in [2.05, 4.69) is 20.5 Å². The second-order valence-corrected chi connectivity index (χ2v) is 7.66. The van der Waals surface area contributed by atoms with Gasteiger partial charge in [-0.1, -0.05) is 66.6 Å². The molecule has 0 fully saturated rings. The van der Waals surface area contributed by atoms with E-state index in [0.717, 1.165) is 33.9 Å². The highest BCUT2D eigenvalue weighted by atomic mass is 19.4. The van der Waals surface area contributed by atoms with Gasteiger partial charge in [0.1, 0.15) is 0 Å². The molecule has 0 spiro atoms. The first-order valence-electron chi connectivity index (χ1n) is 10.5. The Hall–Kier alpha value is -3.91. The van der Waals surface area contributed by atoms with Crippen LogP contribution in [0.5, 0.6) is 0 Å². The zero-order valence-electron chi connectivity index (χ0n) is 17.6.